The number of ether oxygens (including phenoxy) is 4. The summed E-state index contributed by atoms with van der Waals surface area (Å²) < 4.78 is 19.4. The van der Waals surface area contributed by atoms with Crippen LogP contribution in [0.25, 0.3) is 0 Å². The van der Waals surface area contributed by atoms with Gasteiger partial charge in [0.05, 0.1) is 13.2 Å². The molecule has 0 rings (SSSR count). The van der Waals surface area contributed by atoms with Crippen molar-refractivity contribution in [3.63, 3.8) is 0 Å². The van der Waals surface area contributed by atoms with Gasteiger partial charge < -0.3 is 18.9 Å². The zero-order valence-corrected chi connectivity index (χ0v) is 9.49. The molecule has 0 aliphatic carbocycles. The fourth-order valence-corrected chi connectivity index (χ4v) is 0.831. The molecular weight excluding hydrogens is 200 g/mol. The Bertz CT molecular complexity index is 149. The largest absolute Gasteiger partial charge is 0.508 e. The van der Waals surface area contributed by atoms with Crippen molar-refractivity contribution >= 4 is 6.16 Å². The molecule has 0 aromatic rings. The molecule has 0 aromatic carbocycles. The minimum atomic E-state index is -0.647. The van der Waals surface area contributed by atoms with Crippen LogP contribution in [0.4, 0.5) is 4.79 Å². The quantitative estimate of drug-likeness (QED) is 0.436. The van der Waals surface area contributed by atoms with Crippen molar-refractivity contribution in [1.82, 2.24) is 0 Å². The van der Waals surface area contributed by atoms with Crippen LogP contribution in [-0.2, 0) is 18.9 Å². The maximum Gasteiger partial charge on any atom is 0.508 e. The molecule has 0 amide bonds. The van der Waals surface area contributed by atoms with Crippen molar-refractivity contribution < 1.29 is 23.7 Å². The number of hydrogen-bond donors (Lipinski definition) is 0. The minimum absolute atomic E-state index is 0.239. The van der Waals surface area contributed by atoms with Crippen molar-refractivity contribution in [2.75, 3.05) is 40.1 Å². The van der Waals surface area contributed by atoms with Crippen LogP contribution >= 0.6 is 0 Å². The summed E-state index contributed by atoms with van der Waals surface area (Å²) in [6.07, 6.45) is 0.991. The summed E-state index contributed by atoms with van der Waals surface area (Å²) in [7, 11) is 1.60. The summed E-state index contributed by atoms with van der Waals surface area (Å²) in [5, 5.41) is 0. The van der Waals surface area contributed by atoms with Gasteiger partial charge in [0.1, 0.15) is 6.61 Å². The lowest BCUT2D eigenvalue weighted by Gasteiger charge is -2.06. The maximum atomic E-state index is 10.9. The highest BCUT2D eigenvalue weighted by molar-refractivity contribution is 5.59. The average molecular weight is 220 g/mol. The van der Waals surface area contributed by atoms with Crippen LogP contribution in [-0.4, -0.2) is 46.3 Å². The molecule has 90 valence electrons. The first-order valence-corrected chi connectivity index (χ1v) is 5.17. The summed E-state index contributed by atoms with van der Waals surface area (Å²) in [5.41, 5.74) is 0. The van der Waals surface area contributed by atoms with Crippen LogP contribution < -0.4 is 0 Å². The Morgan fingerprint density at radius 3 is 2.40 bits per heavy atom. The molecule has 0 saturated carbocycles. The van der Waals surface area contributed by atoms with E-state index in [9.17, 15) is 4.79 Å². The molecule has 0 N–H and O–H groups in total. The molecule has 0 fully saturated rings. The average Bonchev–Trinajstić information content (AvgIpc) is 2.24. The highest BCUT2D eigenvalue weighted by Gasteiger charge is 2.02. The van der Waals surface area contributed by atoms with Gasteiger partial charge in [-0.2, -0.15) is 0 Å². The van der Waals surface area contributed by atoms with Crippen LogP contribution in [0.1, 0.15) is 19.8 Å². The predicted molar refractivity (Wildman–Crippen MR) is 54.9 cm³/mol. The molecule has 0 aromatic heterocycles. The van der Waals surface area contributed by atoms with Gasteiger partial charge in [0, 0.05) is 26.7 Å². The number of methoxy groups -OCH3 is 1. The van der Waals surface area contributed by atoms with Gasteiger partial charge >= 0.3 is 6.16 Å². The molecule has 0 saturated heterocycles. The lowest BCUT2D eigenvalue weighted by atomic mass is 10.5. The lowest BCUT2D eigenvalue weighted by Crippen LogP contribution is -2.13. The number of carbonyl (C=O) groups excluding carboxylic acids is 1. The Morgan fingerprint density at radius 2 is 1.73 bits per heavy atom. The Hall–Kier alpha value is -0.810. The minimum Gasteiger partial charge on any atom is -0.434 e. The Morgan fingerprint density at radius 1 is 1.00 bits per heavy atom. The second kappa shape index (κ2) is 11.3. The fraction of sp³-hybridized carbons (Fsp3) is 0.900. The molecule has 15 heavy (non-hydrogen) atoms. The molecule has 0 heterocycles. The van der Waals surface area contributed by atoms with Crippen LogP contribution in [0.5, 0.6) is 0 Å². The molecular formula is C10H20O5. The Balaban J connectivity index is 3.11. The molecule has 0 radical (unpaired) electrons. The third kappa shape index (κ3) is 11.1. The van der Waals surface area contributed by atoms with E-state index in [-0.39, 0.29) is 6.61 Å². The van der Waals surface area contributed by atoms with Gasteiger partial charge in [-0.25, -0.2) is 4.79 Å². The van der Waals surface area contributed by atoms with E-state index >= 15 is 0 Å². The van der Waals surface area contributed by atoms with E-state index in [0.29, 0.717) is 32.8 Å². The van der Waals surface area contributed by atoms with Crippen molar-refractivity contribution in [2.45, 2.75) is 19.8 Å². The maximum absolute atomic E-state index is 10.9. The second-order valence-electron chi connectivity index (χ2n) is 2.91. The predicted octanol–water partition coefficient (Wildman–Crippen LogP) is 1.60. The first kappa shape index (κ1) is 14.2. The van der Waals surface area contributed by atoms with E-state index in [4.69, 9.17) is 18.9 Å². The molecule has 5 heteroatoms. The van der Waals surface area contributed by atoms with Crippen LogP contribution in [0.2, 0.25) is 0 Å². The van der Waals surface area contributed by atoms with Gasteiger partial charge in [-0.3, -0.25) is 0 Å². The highest BCUT2D eigenvalue weighted by Crippen LogP contribution is 1.89. The number of hydrogen-bond acceptors (Lipinski definition) is 5. The Labute approximate surface area is 90.6 Å². The highest BCUT2D eigenvalue weighted by atomic mass is 16.7. The number of carbonyl (C=O) groups is 1. The van der Waals surface area contributed by atoms with Crippen molar-refractivity contribution in [1.29, 1.82) is 0 Å². The van der Waals surface area contributed by atoms with E-state index in [1.807, 2.05) is 6.92 Å². The second-order valence-corrected chi connectivity index (χ2v) is 2.91. The van der Waals surface area contributed by atoms with Crippen LogP contribution in [0.3, 0.4) is 0 Å². The van der Waals surface area contributed by atoms with E-state index in [1.54, 1.807) is 7.11 Å². The fourth-order valence-electron chi connectivity index (χ4n) is 0.831. The molecule has 0 spiro atoms. The molecule has 5 nitrogen and oxygen atoms in total. The molecule has 0 bridgehead atoms. The Kier molecular flexibility index (Phi) is 10.7. The van der Waals surface area contributed by atoms with Crippen molar-refractivity contribution in [3.8, 4) is 0 Å². The summed E-state index contributed by atoms with van der Waals surface area (Å²) >= 11 is 0. The van der Waals surface area contributed by atoms with E-state index in [1.165, 1.54) is 0 Å². The first-order valence-electron chi connectivity index (χ1n) is 5.17. The van der Waals surface area contributed by atoms with Crippen LogP contribution in [0, 0.1) is 0 Å². The van der Waals surface area contributed by atoms with Gasteiger partial charge in [0.2, 0.25) is 0 Å². The monoisotopic (exact) mass is 220 g/mol. The summed E-state index contributed by atoms with van der Waals surface area (Å²) in [6, 6.07) is 0. The zero-order chi connectivity index (χ0) is 11.4. The smallest absolute Gasteiger partial charge is 0.434 e. The van der Waals surface area contributed by atoms with E-state index in [0.717, 1.165) is 6.42 Å². The van der Waals surface area contributed by atoms with E-state index in [2.05, 4.69) is 0 Å². The van der Waals surface area contributed by atoms with Gasteiger partial charge in [0.15, 0.2) is 0 Å². The summed E-state index contributed by atoms with van der Waals surface area (Å²) in [6.45, 7) is 4.26. The summed E-state index contributed by atoms with van der Waals surface area (Å²) in [5.74, 6) is 0. The van der Waals surface area contributed by atoms with Gasteiger partial charge in [-0.05, 0) is 6.42 Å². The zero-order valence-electron chi connectivity index (χ0n) is 9.49. The third-order valence-electron chi connectivity index (χ3n) is 1.51. The first-order chi connectivity index (χ1) is 7.31. The molecule has 0 aliphatic heterocycles. The molecule has 0 atom stereocenters. The normalized spacial score (nSPS) is 10.0. The van der Waals surface area contributed by atoms with Gasteiger partial charge in [-0.1, -0.05) is 6.92 Å². The number of rotatable bonds is 9. The summed E-state index contributed by atoms with van der Waals surface area (Å²) in [4.78, 5) is 10.9. The van der Waals surface area contributed by atoms with Crippen molar-refractivity contribution in [2.24, 2.45) is 0 Å². The van der Waals surface area contributed by atoms with Gasteiger partial charge in [0.25, 0.3) is 0 Å². The SMILES string of the molecule is CCCOCCOC(=O)OCCCOC. The standard InChI is InChI=1S/C10H20O5/c1-3-5-13-8-9-15-10(11)14-7-4-6-12-2/h3-9H2,1-2H3. The van der Waals surface area contributed by atoms with Crippen LogP contribution in [0.15, 0.2) is 0 Å². The topological polar surface area (TPSA) is 54.0 Å². The molecule has 0 aliphatic rings. The third-order valence-corrected chi connectivity index (χ3v) is 1.51. The lowest BCUT2D eigenvalue weighted by molar-refractivity contribution is 0.0240. The molecule has 0 unspecified atom stereocenters. The van der Waals surface area contributed by atoms with E-state index < -0.39 is 6.16 Å². The van der Waals surface area contributed by atoms with Crippen molar-refractivity contribution in [3.05, 3.63) is 0 Å². The van der Waals surface area contributed by atoms with Gasteiger partial charge in [-0.15, -0.1) is 0 Å².